The Kier molecular flexibility index (Phi) is 6.00. The second-order valence-corrected chi connectivity index (χ2v) is 6.83. The number of nitrogens with one attached hydrogen (secondary N) is 1. The number of benzene rings is 1. The van der Waals surface area contributed by atoms with E-state index in [1.54, 1.807) is 11.8 Å². The lowest BCUT2D eigenvalue weighted by Gasteiger charge is -2.38. The van der Waals surface area contributed by atoms with Crippen molar-refractivity contribution in [3.8, 4) is 0 Å². The number of carbonyl (C=O) groups is 1. The Morgan fingerprint density at radius 3 is 2.85 bits per heavy atom. The van der Waals surface area contributed by atoms with Crippen molar-refractivity contribution >= 4 is 5.91 Å². The van der Waals surface area contributed by atoms with E-state index in [0.717, 1.165) is 19.3 Å². The van der Waals surface area contributed by atoms with Crippen LogP contribution in [-0.2, 0) is 17.8 Å². The standard InChI is InChI=1S/C19H26N4O3/c1-15-21-22-17(26-15)13-20-14-19(25)10-6-12-23(18(19)24)11-5-9-16-7-3-2-4-8-16/h2-4,7-8,20,25H,5-6,9-14H2,1H3. The van der Waals surface area contributed by atoms with Crippen LogP contribution >= 0.6 is 0 Å². The smallest absolute Gasteiger partial charge is 0.255 e. The molecule has 7 heteroatoms. The Bertz CT molecular complexity index is 719. The SMILES string of the molecule is Cc1nnc(CNCC2(O)CCCN(CCCc3ccccc3)C2=O)o1. The van der Waals surface area contributed by atoms with Crippen molar-refractivity contribution in [1.29, 1.82) is 0 Å². The number of piperidine rings is 1. The van der Waals surface area contributed by atoms with Gasteiger partial charge in [0.25, 0.3) is 5.91 Å². The van der Waals surface area contributed by atoms with Crippen LogP contribution in [0.25, 0.3) is 0 Å². The fourth-order valence-electron chi connectivity index (χ4n) is 3.35. The summed E-state index contributed by atoms with van der Waals surface area (Å²) in [4.78, 5) is 14.5. The predicted molar refractivity (Wildman–Crippen MR) is 96.3 cm³/mol. The van der Waals surface area contributed by atoms with Gasteiger partial charge in [-0.05, 0) is 31.2 Å². The van der Waals surface area contributed by atoms with Crippen LogP contribution in [0, 0.1) is 6.92 Å². The van der Waals surface area contributed by atoms with Gasteiger partial charge in [-0.2, -0.15) is 0 Å². The molecule has 26 heavy (non-hydrogen) atoms. The van der Waals surface area contributed by atoms with E-state index in [4.69, 9.17) is 4.42 Å². The summed E-state index contributed by atoms with van der Waals surface area (Å²) in [6.07, 6.45) is 3.09. The number of hydrogen-bond donors (Lipinski definition) is 2. The first-order valence-corrected chi connectivity index (χ1v) is 9.12. The van der Waals surface area contributed by atoms with Crippen molar-refractivity contribution in [3.63, 3.8) is 0 Å². The average molecular weight is 358 g/mol. The number of aliphatic hydroxyl groups is 1. The normalized spacial score (nSPS) is 20.5. The second-order valence-electron chi connectivity index (χ2n) is 6.83. The lowest BCUT2D eigenvalue weighted by atomic mass is 9.91. The van der Waals surface area contributed by atoms with E-state index in [1.807, 2.05) is 18.2 Å². The van der Waals surface area contributed by atoms with Gasteiger partial charge in [0.05, 0.1) is 6.54 Å². The van der Waals surface area contributed by atoms with E-state index in [0.29, 0.717) is 37.8 Å². The molecule has 1 fully saturated rings. The zero-order chi connectivity index (χ0) is 18.4. The predicted octanol–water partition coefficient (Wildman–Crippen LogP) is 1.45. The van der Waals surface area contributed by atoms with E-state index in [2.05, 4.69) is 27.6 Å². The zero-order valence-electron chi connectivity index (χ0n) is 15.1. The molecule has 0 spiro atoms. The summed E-state index contributed by atoms with van der Waals surface area (Å²) in [7, 11) is 0. The van der Waals surface area contributed by atoms with Gasteiger partial charge in [-0.3, -0.25) is 4.79 Å². The highest BCUT2D eigenvalue weighted by Crippen LogP contribution is 2.22. The highest BCUT2D eigenvalue weighted by Gasteiger charge is 2.41. The molecule has 1 aromatic heterocycles. The molecule has 2 aromatic rings. The third-order valence-corrected chi connectivity index (χ3v) is 4.70. The zero-order valence-corrected chi connectivity index (χ0v) is 15.1. The van der Waals surface area contributed by atoms with Crippen molar-refractivity contribution < 1.29 is 14.3 Å². The van der Waals surface area contributed by atoms with Crippen LogP contribution in [0.15, 0.2) is 34.7 Å². The van der Waals surface area contributed by atoms with Crippen LogP contribution in [0.4, 0.5) is 0 Å². The molecule has 1 amide bonds. The van der Waals surface area contributed by atoms with Gasteiger partial charge < -0.3 is 19.7 Å². The molecule has 0 aliphatic carbocycles. The Morgan fingerprint density at radius 1 is 1.31 bits per heavy atom. The number of aromatic nitrogens is 2. The van der Waals surface area contributed by atoms with Crippen LogP contribution in [0.5, 0.6) is 0 Å². The summed E-state index contributed by atoms with van der Waals surface area (Å²) in [5.41, 5.74) is -0.0937. The fraction of sp³-hybridized carbons (Fsp3) is 0.526. The molecule has 3 rings (SSSR count). The monoisotopic (exact) mass is 358 g/mol. The highest BCUT2D eigenvalue weighted by molar-refractivity contribution is 5.86. The first kappa shape index (κ1) is 18.5. The number of aryl methyl sites for hydroxylation is 2. The lowest BCUT2D eigenvalue weighted by Crippen LogP contribution is -2.58. The number of hydrogen-bond acceptors (Lipinski definition) is 6. The summed E-state index contributed by atoms with van der Waals surface area (Å²) in [5.74, 6) is 0.763. The van der Waals surface area contributed by atoms with E-state index < -0.39 is 5.60 Å². The molecule has 1 aromatic carbocycles. The largest absolute Gasteiger partial charge is 0.424 e. The first-order chi connectivity index (χ1) is 12.6. The van der Waals surface area contributed by atoms with Gasteiger partial charge >= 0.3 is 0 Å². The third-order valence-electron chi connectivity index (χ3n) is 4.70. The van der Waals surface area contributed by atoms with Gasteiger partial charge in [0, 0.05) is 26.6 Å². The molecule has 7 nitrogen and oxygen atoms in total. The Balaban J connectivity index is 1.47. The Labute approximate surface area is 153 Å². The summed E-state index contributed by atoms with van der Waals surface area (Å²) in [6, 6.07) is 10.2. The number of amides is 1. The molecule has 1 unspecified atom stereocenters. The van der Waals surface area contributed by atoms with Crippen LogP contribution in [-0.4, -0.2) is 51.3 Å². The third kappa shape index (κ3) is 4.68. The lowest BCUT2D eigenvalue weighted by molar-refractivity contribution is -0.156. The van der Waals surface area contributed by atoms with E-state index in [9.17, 15) is 9.90 Å². The van der Waals surface area contributed by atoms with Gasteiger partial charge in [-0.15, -0.1) is 10.2 Å². The summed E-state index contributed by atoms with van der Waals surface area (Å²) in [6.45, 7) is 3.62. The summed E-state index contributed by atoms with van der Waals surface area (Å²) < 4.78 is 5.29. The fourth-order valence-corrected chi connectivity index (χ4v) is 3.35. The van der Waals surface area contributed by atoms with Crippen molar-refractivity contribution in [1.82, 2.24) is 20.4 Å². The number of carbonyl (C=O) groups excluding carboxylic acids is 1. The maximum absolute atomic E-state index is 12.7. The van der Waals surface area contributed by atoms with Crippen molar-refractivity contribution in [2.75, 3.05) is 19.6 Å². The van der Waals surface area contributed by atoms with Gasteiger partial charge in [0.2, 0.25) is 11.8 Å². The Hall–Kier alpha value is -2.25. The van der Waals surface area contributed by atoms with Gasteiger partial charge in [-0.1, -0.05) is 30.3 Å². The first-order valence-electron chi connectivity index (χ1n) is 9.12. The minimum Gasteiger partial charge on any atom is -0.424 e. The molecule has 1 aliphatic heterocycles. The molecule has 1 saturated heterocycles. The van der Waals surface area contributed by atoms with Crippen LogP contribution in [0.2, 0.25) is 0 Å². The van der Waals surface area contributed by atoms with E-state index in [-0.39, 0.29) is 12.5 Å². The molecule has 2 N–H and O–H groups in total. The Morgan fingerprint density at radius 2 is 2.12 bits per heavy atom. The molecule has 1 atom stereocenters. The molecule has 0 bridgehead atoms. The van der Waals surface area contributed by atoms with Gasteiger partial charge in [-0.25, -0.2) is 0 Å². The summed E-state index contributed by atoms with van der Waals surface area (Å²) in [5, 5.41) is 21.5. The van der Waals surface area contributed by atoms with Crippen molar-refractivity contribution in [2.24, 2.45) is 0 Å². The van der Waals surface area contributed by atoms with Crippen molar-refractivity contribution in [3.05, 3.63) is 47.7 Å². The van der Waals surface area contributed by atoms with E-state index >= 15 is 0 Å². The van der Waals surface area contributed by atoms with Crippen LogP contribution < -0.4 is 5.32 Å². The molecule has 0 saturated carbocycles. The molecule has 2 heterocycles. The quantitative estimate of drug-likeness (QED) is 0.742. The number of nitrogens with zero attached hydrogens (tertiary/aromatic N) is 3. The van der Waals surface area contributed by atoms with Crippen LogP contribution in [0.1, 0.15) is 36.6 Å². The molecular formula is C19H26N4O3. The second kappa shape index (κ2) is 8.42. The highest BCUT2D eigenvalue weighted by atomic mass is 16.4. The summed E-state index contributed by atoms with van der Waals surface area (Å²) >= 11 is 0. The van der Waals surface area contributed by atoms with Gasteiger partial charge in [0.1, 0.15) is 0 Å². The number of rotatable bonds is 8. The molecule has 1 aliphatic rings. The average Bonchev–Trinajstić information content (AvgIpc) is 3.05. The number of likely N-dealkylation sites (tertiary alicyclic amines) is 1. The minimum absolute atomic E-state index is 0.183. The molecular weight excluding hydrogens is 332 g/mol. The van der Waals surface area contributed by atoms with Crippen molar-refractivity contribution in [2.45, 2.75) is 44.8 Å². The van der Waals surface area contributed by atoms with E-state index in [1.165, 1.54) is 5.56 Å². The minimum atomic E-state index is -1.36. The maximum Gasteiger partial charge on any atom is 0.255 e. The maximum atomic E-state index is 12.7. The molecule has 0 radical (unpaired) electrons. The topological polar surface area (TPSA) is 91.5 Å². The molecule has 140 valence electrons. The van der Waals surface area contributed by atoms with Gasteiger partial charge in [0.15, 0.2) is 5.60 Å². The van der Waals surface area contributed by atoms with Crippen LogP contribution in [0.3, 0.4) is 0 Å².